The summed E-state index contributed by atoms with van der Waals surface area (Å²) in [6.45, 7) is 0. The molecule has 0 aliphatic carbocycles. The molecule has 0 atom stereocenters. The number of hydrogen-bond donors (Lipinski definition) is 1. The lowest BCUT2D eigenvalue weighted by atomic mass is 9.88. The minimum Gasteiger partial charge on any atom is -0.481 e. The molecule has 2 rings (SSSR count). The van der Waals surface area contributed by atoms with Crippen molar-refractivity contribution < 1.29 is 9.90 Å². The van der Waals surface area contributed by atoms with Gasteiger partial charge in [-0.15, -0.1) is 0 Å². The van der Waals surface area contributed by atoms with Crippen LogP contribution < -0.4 is 0 Å². The van der Waals surface area contributed by atoms with Gasteiger partial charge in [-0.1, -0.05) is 0 Å². The molecule has 1 aliphatic rings. The lowest BCUT2D eigenvalue weighted by Crippen LogP contribution is -2.38. The third-order valence-corrected chi connectivity index (χ3v) is 3.94. The average Bonchev–Trinajstić information content (AvgIpc) is 2.71. The Morgan fingerprint density at radius 2 is 2.27 bits per heavy atom. The second-order valence-corrected chi connectivity index (χ2v) is 5.10. The monoisotopic (exact) mass is 226 g/mol. The molecule has 1 aromatic rings. The van der Waals surface area contributed by atoms with Gasteiger partial charge in [-0.2, -0.15) is 11.8 Å². The normalized spacial score (nSPS) is 20.0. The number of imidazole rings is 1. The van der Waals surface area contributed by atoms with Crippen LogP contribution >= 0.6 is 11.8 Å². The molecule has 0 saturated carbocycles. The maximum atomic E-state index is 10.9. The van der Waals surface area contributed by atoms with E-state index < -0.39 is 5.97 Å². The van der Waals surface area contributed by atoms with E-state index in [0.717, 1.165) is 24.3 Å². The second-order valence-electron chi connectivity index (χ2n) is 3.88. The molecule has 0 unspecified atom stereocenters. The van der Waals surface area contributed by atoms with Crippen molar-refractivity contribution in [1.29, 1.82) is 0 Å². The van der Waals surface area contributed by atoms with Crippen molar-refractivity contribution in [3.05, 3.63) is 18.7 Å². The van der Waals surface area contributed by atoms with E-state index in [0.29, 0.717) is 0 Å². The van der Waals surface area contributed by atoms with Crippen molar-refractivity contribution in [2.75, 3.05) is 11.5 Å². The van der Waals surface area contributed by atoms with E-state index >= 15 is 0 Å². The molecule has 0 aromatic carbocycles. The van der Waals surface area contributed by atoms with Crippen molar-refractivity contribution in [2.45, 2.75) is 24.8 Å². The van der Waals surface area contributed by atoms with Crippen LogP contribution in [0.2, 0.25) is 0 Å². The summed E-state index contributed by atoms with van der Waals surface area (Å²) in [4.78, 5) is 14.9. The van der Waals surface area contributed by atoms with Crippen LogP contribution in [0.1, 0.15) is 19.3 Å². The number of aromatic nitrogens is 2. The molecule has 0 radical (unpaired) electrons. The van der Waals surface area contributed by atoms with Crippen LogP contribution in [0.4, 0.5) is 0 Å². The highest BCUT2D eigenvalue weighted by molar-refractivity contribution is 7.99. The van der Waals surface area contributed by atoms with Crippen LogP contribution in [0.15, 0.2) is 18.7 Å². The molecule has 82 valence electrons. The van der Waals surface area contributed by atoms with Gasteiger partial charge in [0.1, 0.15) is 0 Å². The Bertz CT molecular complexity index is 331. The van der Waals surface area contributed by atoms with Gasteiger partial charge in [0.25, 0.3) is 0 Å². The first-order chi connectivity index (χ1) is 7.23. The number of thioether (sulfide) groups is 1. The molecule has 1 aromatic heterocycles. The number of rotatable bonds is 3. The van der Waals surface area contributed by atoms with Crippen molar-refractivity contribution in [1.82, 2.24) is 9.55 Å². The lowest BCUT2D eigenvalue weighted by molar-refractivity contribution is -0.139. The SMILES string of the molecule is O=C(O)CC1(n2ccnc2)CCSCC1. The Balaban J connectivity index is 2.25. The fourth-order valence-corrected chi connectivity index (χ4v) is 3.35. The predicted molar refractivity (Wildman–Crippen MR) is 59.0 cm³/mol. The summed E-state index contributed by atoms with van der Waals surface area (Å²) in [6.07, 6.45) is 7.35. The van der Waals surface area contributed by atoms with E-state index in [2.05, 4.69) is 4.98 Å². The van der Waals surface area contributed by atoms with Gasteiger partial charge in [0.2, 0.25) is 0 Å². The van der Waals surface area contributed by atoms with E-state index in [-0.39, 0.29) is 12.0 Å². The molecule has 0 bridgehead atoms. The largest absolute Gasteiger partial charge is 0.481 e. The van der Waals surface area contributed by atoms with E-state index in [1.54, 1.807) is 12.5 Å². The van der Waals surface area contributed by atoms with Crippen LogP contribution in [0.25, 0.3) is 0 Å². The average molecular weight is 226 g/mol. The van der Waals surface area contributed by atoms with Crippen LogP contribution in [-0.2, 0) is 10.3 Å². The number of carboxylic acids is 1. The Morgan fingerprint density at radius 3 is 2.80 bits per heavy atom. The molecule has 1 aliphatic heterocycles. The first kappa shape index (κ1) is 10.5. The molecule has 0 amide bonds. The maximum Gasteiger partial charge on any atom is 0.305 e. The Morgan fingerprint density at radius 1 is 1.53 bits per heavy atom. The Hall–Kier alpha value is -0.970. The molecule has 0 spiro atoms. The second kappa shape index (κ2) is 4.26. The van der Waals surface area contributed by atoms with E-state index in [1.165, 1.54) is 0 Å². The highest BCUT2D eigenvalue weighted by atomic mass is 32.2. The van der Waals surface area contributed by atoms with Crippen LogP contribution in [0, 0.1) is 0 Å². The highest BCUT2D eigenvalue weighted by Crippen LogP contribution is 2.36. The number of carbonyl (C=O) groups is 1. The molecule has 5 heteroatoms. The van der Waals surface area contributed by atoms with Gasteiger partial charge >= 0.3 is 5.97 Å². The van der Waals surface area contributed by atoms with Crippen LogP contribution in [0.3, 0.4) is 0 Å². The molecule has 15 heavy (non-hydrogen) atoms. The number of carboxylic acid groups (broad SMARTS) is 1. The van der Waals surface area contributed by atoms with Gasteiger partial charge in [-0.3, -0.25) is 4.79 Å². The van der Waals surface area contributed by atoms with Gasteiger partial charge in [0.15, 0.2) is 0 Å². The van der Waals surface area contributed by atoms with Gasteiger partial charge in [-0.25, -0.2) is 4.98 Å². The summed E-state index contributed by atoms with van der Waals surface area (Å²) < 4.78 is 1.97. The molecular formula is C10H14N2O2S. The third kappa shape index (κ3) is 2.17. The first-order valence-electron chi connectivity index (χ1n) is 5.01. The molecular weight excluding hydrogens is 212 g/mol. The highest BCUT2D eigenvalue weighted by Gasteiger charge is 2.35. The van der Waals surface area contributed by atoms with Gasteiger partial charge in [0, 0.05) is 12.4 Å². The minimum atomic E-state index is -0.726. The summed E-state index contributed by atoms with van der Waals surface area (Å²) in [5, 5.41) is 8.99. The van der Waals surface area contributed by atoms with Gasteiger partial charge in [0.05, 0.1) is 18.3 Å². The van der Waals surface area contributed by atoms with E-state index in [9.17, 15) is 4.79 Å². The zero-order chi connectivity index (χ0) is 10.7. The first-order valence-corrected chi connectivity index (χ1v) is 6.16. The minimum absolute atomic E-state index is 0.198. The summed E-state index contributed by atoms with van der Waals surface area (Å²) in [5.41, 5.74) is -0.242. The molecule has 4 nitrogen and oxygen atoms in total. The number of hydrogen-bond acceptors (Lipinski definition) is 3. The number of aliphatic carboxylic acids is 1. The maximum absolute atomic E-state index is 10.9. The fraction of sp³-hybridized carbons (Fsp3) is 0.600. The summed E-state index contributed by atoms with van der Waals surface area (Å²) in [5.74, 6) is 1.34. The number of nitrogens with zero attached hydrogens (tertiary/aromatic N) is 2. The van der Waals surface area contributed by atoms with Crippen LogP contribution in [-0.4, -0.2) is 32.1 Å². The van der Waals surface area contributed by atoms with E-state index in [1.807, 2.05) is 22.5 Å². The standard InChI is InChI=1S/C10H14N2O2S/c13-9(14)7-10(1-5-15-6-2-10)12-4-3-11-8-12/h3-4,8H,1-2,5-7H2,(H,13,14). The Labute approximate surface area is 92.7 Å². The zero-order valence-corrected chi connectivity index (χ0v) is 9.24. The fourth-order valence-electron chi connectivity index (χ4n) is 2.10. The van der Waals surface area contributed by atoms with Crippen LogP contribution in [0.5, 0.6) is 0 Å². The summed E-state index contributed by atoms with van der Waals surface area (Å²) in [6, 6.07) is 0. The van der Waals surface area contributed by atoms with Gasteiger partial charge < -0.3 is 9.67 Å². The molecule has 1 N–H and O–H groups in total. The third-order valence-electron chi connectivity index (χ3n) is 2.96. The lowest BCUT2D eigenvalue weighted by Gasteiger charge is -2.37. The van der Waals surface area contributed by atoms with E-state index in [4.69, 9.17) is 5.11 Å². The van der Waals surface area contributed by atoms with Crippen molar-refractivity contribution in [2.24, 2.45) is 0 Å². The smallest absolute Gasteiger partial charge is 0.305 e. The predicted octanol–water partition coefficient (Wildman–Crippen LogP) is 1.58. The van der Waals surface area contributed by atoms with Crippen molar-refractivity contribution >= 4 is 17.7 Å². The van der Waals surface area contributed by atoms with Crippen molar-refractivity contribution in [3.8, 4) is 0 Å². The Kier molecular flexibility index (Phi) is 3.00. The molecule has 1 fully saturated rings. The summed E-state index contributed by atoms with van der Waals surface area (Å²) >= 11 is 1.89. The topological polar surface area (TPSA) is 55.1 Å². The summed E-state index contributed by atoms with van der Waals surface area (Å²) in [7, 11) is 0. The quantitative estimate of drug-likeness (QED) is 0.850. The van der Waals surface area contributed by atoms with Gasteiger partial charge in [-0.05, 0) is 24.3 Å². The zero-order valence-electron chi connectivity index (χ0n) is 8.43. The molecule has 2 heterocycles. The van der Waals surface area contributed by atoms with Crippen molar-refractivity contribution in [3.63, 3.8) is 0 Å². The molecule has 1 saturated heterocycles.